The summed E-state index contributed by atoms with van der Waals surface area (Å²) in [7, 11) is 0. The van der Waals surface area contributed by atoms with Gasteiger partial charge in [-0.05, 0) is 35.7 Å². The predicted octanol–water partition coefficient (Wildman–Crippen LogP) is 4.80. The molecule has 1 N–H and O–H groups in total. The van der Waals surface area contributed by atoms with Crippen LogP contribution in [0.25, 0.3) is 0 Å². The lowest BCUT2D eigenvalue weighted by atomic mass is 9.91. The fourth-order valence-corrected chi connectivity index (χ4v) is 2.51. The molecule has 2 aromatic rings. The minimum Gasteiger partial charge on any atom is -0.314 e. The van der Waals surface area contributed by atoms with Crippen molar-refractivity contribution in [2.45, 2.75) is 32.2 Å². The molecule has 0 amide bonds. The molecule has 1 nitrogen and oxygen atoms in total. The zero-order valence-electron chi connectivity index (χ0n) is 12.4. The SMILES string of the molecule is CC(C)NCC(Cc1ccc(Cl)cc1)c1ccccc1F. The van der Waals surface area contributed by atoms with Crippen molar-refractivity contribution in [2.75, 3.05) is 6.54 Å². The van der Waals surface area contributed by atoms with Crippen LogP contribution in [-0.4, -0.2) is 12.6 Å². The molecule has 0 saturated heterocycles. The second kappa shape index (κ2) is 7.58. The minimum absolute atomic E-state index is 0.106. The van der Waals surface area contributed by atoms with Crippen molar-refractivity contribution in [3.63, 3.8) is 0 Å². The average molecular weight is 306 g/mol. The van der Waals surface area contributed by atoms with E-state index in [-0.39, 0.29) is 11.7 Å². The maximum atomic E-state index is 14.1. The monoisotopic (exact) mass is 305 g/mol. The number of hydrogen-bond donors (Lipinski definition) is 1. The second-order valence-corrected chi connectivity index (χ2v) is 6.05. The van der Waals surface area contributed by atoms with Crippen molar-refractivity contribution in [1.29, 1.82) is 0 Å². The molecule has 112 valence electrons. The summed E-state index contributed by atoms with van der Waals surface area (Å²) in [4.78, 5) is 0. The van der Waals surface area contributed by atoms with Gasteiger partial charge in [-0.25, -0.2) is 4.39 Å². The number of halogens is 2. The summed E-state index contributed by atoms with van der Waals surface area (Å²) < 4.78 is 14.1. The standard InChI is InChI=1S/C18H21ClFN/c1-13(2)21-12-15(17-5-3-4-6-18(17)20)11-14-7-9-16(19)10-8-14/h3-10,13,15,21H,11-12H2,1-2H3. The lowest BCUT2D eigenvalue weighted by Crippen LogP contribution is -2.29. The number of rotatable bonds is 6. The van der Waals surface area contributed by atoms with E-state index in [1.54, 1.807) is 6.07 Å². The molecular formula is C18H21ClFN. The van der Waals surface area contributed by atoms with E-state index in [1.165, 1.54) is 11.6 Å². The molecule has 1 atom stereocenters. The first-order valence-corrected chi connectivity index (χ1v) is 7.66. The van der Waals surface area contributed by atoms with Gasteiger partial charge in [0.05, 0.1) is 0 Å². The van der Waals surface area contributed by atoms with Crippen molar-refractivity contribution in [1.82, 2.24) is 5.32 Å². The van der Waals surface area contributed by atoms with Crippen molar-refractivity contribution >= 4 is 11.6 Å². The van der Waals surface area contributed by atoms with Crippen LogP contribution in [0.2, 0.25) is 5.02 Å². The molecule has 3 heteroatoms. The highest BCUT2D eigenvalue weighted by Crippen LogP contribution is 2.24. The highest BCUT2D eigenvalue weighted by Gasteiger charge is 2.16. The third kappa shape index (κ3) is 4.83. The molecule has 0 aliphatic carbocycles. The first-order valence-electron chi connectivity index (χ1n) is 7.28. The summed E-state index contributed by atoms with van der Waals surface area (Å²) in [6.07, 6.45) is 0.790. The fourth-order valence-electron chi connectivity index (χ4n) is 2.38. The van der Waals surface area contributed by atoms with Crippen molar-refractivity contribution in [2.24, 2.45) is 0 Å². The van der Waals surface area contributed by atoms with Gasteiger partial charge >= 0.3 is 0 Å². The van der Waals surface area contributed by atoms with Crippen LogP contribution in [0.1, 0.15) is 30.9 Å². The molecule has 0 radical (unpaired) electrons. The van der Waals surface area contributed by atoms with Crippen LogP contribution in [-0.2, 0) is 6.42 Å². The van der Waals surface area contributed by atoms with Crippen LogP contribution in [0, 0.1) is 5.82 Å². The van der Waals surface area contributed by atoms with Crippen LogP contribution in [0.3, 0.4) is 0 Å². The van der Waals surface area contributed by atoms with Crippen molar-refractivity contribution in [3.8, 4) is 0 Å². The van der Waals surface area contributed by atoms with E-state index in [2.05, 4.69) is 19.2 Å². The number of benzene rings is 2. The van der Waals surface area contributed by atoms with Gasteiger partial charge in [0.15, 0.2) is 0 Å². The third-order valence-corrected chi connectivity index (χ3v) is 3.76. The average Bonchev–Trinajstić information content (AvgIpc) is 2.46. The summed E-state index contributed by atoms with van der Waals surface area (Å²) in [5.41, 5.74) is 1.93. The van der Waals surface area contributed by atoms with Gasteiger partial charge in [0.25, 0.3) is 0 Å². The van der Waals surface area contributed by atoms with Crippen molar-refractivity contribution < 1.29 is 4.39 Å². The lowest BCUT2D eigenvalue weighted by molar-refractivity contribution is 0.505. The first-order chi connectivity index (χ1) is 10.1. The first kappa shape index (κ1) is 16.0. The highest BCUT2D eigenvalue weighted by molar-refractivity contribution is 6.30. The normalized spacial score (nSPS) is 12.6. The van der Waals surface area contributed by atoms with Crippen LogP contribution in [0.15, 0.2) is 48.5 Å². The molecule has 0 aliphatic rings. The Morgan fingerprint density at radius 1 is 1.05 bits per heavy atom. The number of hydrogen-bond acceptors (Lipinski definition) is 1. The van der Waals surface area contributed by atoms with E-state index in [1.807, 2.05) is 36.4 Å². The van der Waals surface area contributed by atoms with E-state index in [9.17, 15) is 4.39 Å². The van der Waals surface area contributed by atoms with Gasteiger partial charge in [-0.3, -0.25) is 0 Å². The molecule has 0 aliphatic heterocycles. The Bertz CT molecular complexity index is 566. The van der Waals surface area contributed by atoms with E-state index in [0.29, 0.717) is 6.04 Å². The summed E-state index contributed by atoms with van der Waals surface area (Å²) in [5.74, 6) is -0.0307. The number of nitrogens with one attached hydrogen (secondary N) is 1. The third-order valence-electron chi connectivity index (χ3n) is 3.51. The van der Waals surface area contributed by atoms with Gasteiger partial charge in [-0.1, -0.05) is 55.8 Å². The van der Waals surface area contributed by atoms with Gasteiger partial charge in [0.1, 0.15) is 5.82 Å². The maximum Gasteiger partial charge on any atom is 0.126 e. The molecule has 0 saturated carbocycles. The molecule has 0 fully saturated rings. The molecule has 21 heavy (non-hydrogen) atoms. The Morgan fingerprint density at radius 3 is 2.33 bits per heavy atom. The van der Waals surface area contributed by atoms with E-state index in [0.717, 1.165) is 23.6 Å². The molecular weight excluding hydrogens is 285 g/mol. The minimum atomic E-state index is -0.137. The van der Waals surface area contributed by atoms with E-state index < -0.39 is 0 Å². The maximum absolute atomic E-state index is 14.1. The van der Waals surface area contributed by atoms with Gasteiger partial charge in [-0.15, -0.1) is 0 Å². The largest absolute Gasteiger partial charge is 0.314 e. The van der Waals surface area contributed by atoms with E-state index >= 15 is 0 Å². The fraction of sp³-hybridized carbons (Fsp3) is 0.333. The molecule has 0 bridgehead atoms. The van der Waals surface area contributed by atoms with Gasteiger partial charge in [0, 0.05) is 23.5 Å². The zero-order chi connectivity index (χ0) is 15.2. The Labute approximate surface area is 131 Å². The van der Waals surface area contributed by atoms with Crippen LogP contribution in [0.5, 0.6) is 0 Å². The van der Waals surface area contributed by atoms with Crippen LogP contribution in [0.4, 0.5) is 4.39 Å². The second-order valence-electron chi connectivity index (χ2n) is 5.61. The smallest absolute Gasteiger partial charge is 0.126 e. The predicted molar refractivity (Wildman–Crippen MR) is 87.4 cm³/mol. The quantitative estimate of drug-likeness (QED) is 0.808. The molecule has 2 aromatic carbocycles. The highest BCUT2D eigenvalue weighted by atomic mass is 35.5. The van der Waals surface area contributed by atoms with Crippen molar-refractivity contribution in [3.05, 3.63) is 70.5 Å². The summed E-state index contributed by atoms with van der Waals surface area (Å²) in [6, 6.07) is 15.2. The molecule has 0 aromatic heterocycles. The lowest BCUT2D eigenvalue weighted by Gasteiger charge is -2.20. The summed E-state index contributed by atoms with van der Waals surface area (Å²) in [6.45, 7) is 4.95. The molecule has 1 unspecified atom stereocenters. The topological polar surface area (TPSA) is 12.0 Å². The van der Waals surface area contributed by atoms with Gasteiger partial charge in [-0.2, -0.15) is 0 Å². The molecule has 2 rings (SSSR count). The summed E-state index contributed by atoms with van der Waals surface area (Å²) in [5, 5.41) is 4.13. The van der Waals surface area contributed by atoms with Crippen LogP contribution >= 0.6 is 11.6 Å². The zero-order valence-corrected chi connectivity index (χ0v) is 13.2. The summed E-state index contributed by atoms with van der Waals surface area (Å²) >= 11 is 5.92. The van der Waals surface area contributed by atoms with Gasteiger partial charge in [0.2, 0.25) is 0 Å². The van der Waals surface area contributed by atoms with Gasteiger partial charge < -0.3 is 5.32 Å². The Hall–Kier alpha value is -1.38. The Morgan fingerprint density at radius 2 is 1.71 bits per heavy atom. The Balaban J connectivity index is 2.19. The molecule has 0 heterocycles. The molecule has 0 spiro atoms. The van der Waals surface area contributed by atoms with E-state index in [4.69, 9.17) is 11.6 Å². The van der Waals surface area contributed by atoms with Crippen LogP contribution < -0.4 is 5.32 Å². The Kier molecular flexibility index (Phi) is 5.77.